The molecule has 1 atom stereocenters. The first-order valence-corrected chi connectivity index (χ1v) is 6.30. The van der Waals surface area contributed by atoms with Crippen molar-refractivity contribution in [3.8, 4) is 0 Å². The van der Waals surface area contributed by atoms with Crippen LogP contribution in [0.3, 0.4) is 0 Å². The van der Waals surface area contributed by atoms with Crippen molar-refractivity contribution in [2.75, 3.05) is 14.1 Å². The molecule has 1 N–H and O–H groups in total. The molecule has 0 unspecified atom stereocenters. The lowest BCUT2D eigenvalue weighted by Gasteiger charge is -2.17. The second-order valence-electron chi connectivity index (χ2n) is 3.92. The number of hydrogen-bond acceptors (Lipinski definition) is 4. The van der Waals surface area contributed by atoms with Crippen LogP contribution in [0.15, 0.2) is 5.38 Å². The van der Waals surface area contributed by atoms with Crippen molar-refractivity contribution in [2.45, 2.75) is 32.9 Å². The molecule has 1 heterocycles. The van der Waals surface area contributed by atoms with Gasteiger partial charge in [-0.2, -0.15) is 0 Å². The Morgan fingerprint density at radius 3 is 2.71 bits per heavy atom. The fraction of sp³-hybridized carbons (Fsp3) is 0.636. The molecule has 98 valence electrons. The average Bonchev–Trinajstić information content (AvgIpc) is 2.72. The largest absolute Gasteiger partial charge is 0.347 e. The summed E-state index contributed by atoms with van der Waals surface area (Å²) in [6.45, 7) is 4.61. The van der Waals surface area contributed by atoms with E-state index in [0.29, 0.717) is 6.54 Å². The van der Waals surface area contributed by atoms with E-state index in [0.717, 1.165) is 17.1 Å². The molecule has 17 heavy (non-hydrogen) atoms. The van der Waals surface area contributed by atoms with Gasteiger partial charge in [0.15, 0.2) is 0 Å². The topological polar surface area (TPSA) is 45.2 Å². The number of amides is 1. The summed E-state index contributed by atoms with van der Waals surface area (Å²) in [6, 6.07) is -0.165. The Kier molecular flexibility index (Phi) is 7.34. The lowest BCUT2D eigenvalue weighted by molar-refractivity contribution is -0.130. The van der Waals surface area contributed by atoms with Crippen LogP contribution in [-0.2, 0) is 17.8 Å². The molecule has 0 saturated carbocycles. The maximum absolute atomic E-state index is 11.6. The zero-order valence-corrected chi connectivity index (χ0v) is 12.3. The van der Waals surface area contributed by atoms with Gasteiger partial charge in [0.05, 0.1) is 16.7 Å². The highest BCUT2D eigenvalue weighted by Gasteiger charge is 2.14. The van der Waals surface area contributed by atoms with Crippen LogP contribution >= 0.6 is 23.7 Å². The lowest BCUT2D eigenvalue weighted by Crippen LogP contribution is -2.41. The van der Waals surface area contributed by atoms with Crippen molar-refractivity contribution in [2.24, 2.45) is 0 Å². The number of nitrogens with zero attached hydrogens (tertiary/aromatic N) is 2. The number of hydrogen-bond donors (Lipinski definition) is 1. The summed E-state index contributed by atoms with van der Waals surface area (Å²) in [5, 5.41) is 6.35. The van der Waals surface area contributed by atoms with E-state index < -0.39 is 0 Å². The van der Waals surface area contributed by atoms with Crippen LogP contribution in [0.1, 0.15) is 24.5 Å². The van der Waals surface area contributed by atoms with Gasteiger partial charge in [-0.1, -0.05) is 6.92 Å². The third-order valence-corrected chi connectivity index (χ3v) is 3.34. The van der Waals surface area contributed by atoms with Crippen LogP contribution in [0.5, 0.6) is 0 Å². The highest BCUT2D eigenvalue weighted by molar-refractivity contribution is 7.09. The molecule has 0 aromatic carbocycles. The third-order valence-electron chi connectivity index (χ3n) is 2.30. The average molecular weight is 278 g/mol. The molecule has 0 saturated heterocycles. The molecule has 0 bridgehead atoms. The Morgan fingerprint density at radius 1 is 1.59 bits per heavy atom. The summed E-state index contributed by atoms with van der Waals surface area (Å²) in [5.74, 6) is 0.0888. The van der Waals surface area contributed by atoms with Crippen LogP contribution in [0.4, 0.5) is 0 Å². The summed E-state index contributed by atoms with van der Waals surface area (Å²) >= 11 is 1.67. The highest BCUT2D eigenvalue weighted by atomic mass is 35.5. The number of halogens is 1. The molecule has 4 nitrogen and oxygen atoms in total. The van der Waals surface area contributed by atoms with Gasteiger partial charge >= 0.3 is 0 Å². The summed E-state index contributed by atoms with van der Waals surface area (Å²) in [7, 11) is 3.52. The number of likely N-dealkylation sites (N-methyl/N-ethyl adjacent to an activating group) is 1. The van der Waals surface area contributed by atoms with Gasteiger partial charge in [0.2, 0.25) is 5.91 Å². The molecule has 0 radical (unpaired) electrons. The molecule has 0 aliphatic carbocycles. The molecule has 0 aliphatic rings. The monoisotopic (exact) mass is 277 g/mol. The lowest BCUT2D eigenvalue weighted by atomic mass is 10.3. The summed E-state index contributed by atoms with van der Waals surface area (Å²) in [5.41, 5.74) is 1.01. The van der Waals surface area contributed by atoms with E-state index in [1.807, 2.05) is 12.3 Å². The van der Waals surface area contributed by atoms with Gasteiger partial charge in [-0.25, -0.2) is 4.98 Å². The zero-order chi connectivity index (χ0) is 12.1. The van der Waals surface area contributed by atoms with E-state index in [2.05, 4.69) is 17.2 Å². The van der Waals surface area contributed by atoms with Crippen LogP contribution in [0.2, 0.25) is 0 Å². The number of aromatic nitrogens is 1. The zero-order valence-electron chi connectivity index (χ0n) is 10.7. The molecule has 0 spiro atoms. The van der Waals surface area contributed by atoms with Crippen molar-refractivity contribution >= 4 is 29.7 Å². The van der Waals surface area contributed by atoms with Gasteiger partial charge in [0, 0.05) is 26.0 Å². The van der Waals surface area contributed by atoms with Gasteiger partial charge in [-0.15, -0.1) is 23.7 Å². The first kappa shape index (κ1) is 16.4. The molecule has 0 aliphatic heterocycles. The molecule has 1 rings (SSSR count). The Balaban J connectivity index is 0.00000256. The predicted molar refractivity (Wildman–Crippen MR) is 73.7 cm³/mol. The number of aryl methyl sites for hydroxylation is 1. The maximum atomic E-state index is 11.6. The van der Waals surface area contributed by atoms with Crippen molar-refractivity contribution in [3.63, 3.8) is 0 Å². The van der Waals surface area contributed by atoms with Crippen LogP contribution < -0.4 is 5.32 Å². The van der Waals surface area contributed by atoms with Gasteiger partial charge in [-0.3, -0.25) is 4.79 Å². The fourth-order valence-electron chi connectivity index (χ4n) is 1.32. The molecule has 0 fully saturated rings. The Labute approximate surface area is 113 Å². The number of carbonyl (C=O) groups is 1. The number of rotatable bonds is 5. The minimum Gasteiger partial charge on any atom is -0.347 e. The Morgan fingerprint density at radius 2 is 2.24 bits per heavy atom. The van der Waals surface area contributed by atoms with Crippen molar-refractivity contribution in [1.82, 2.24) is 15.2 Å². The van der Waals surface area contributed by atoms with Crippen molar-refractivity contribution in [3.05, 3.63) is 16.1 Å². The molecule has 1 amide bonds. The minimum absolute atomic E-state index is 0. The number of thiazole rings is 1. The Hall–Kier alpha value is -0.650. The highest BCUT2D eigenvalue weighted by Crippen LogP contribution is 2.09. The first-order valence-electron chi connectivity index (χ1n) is 5.42. The first-order chi connectivity index (χ1) is 7.54. The van der Waals surface area contributed by atoms with Gasteiger partial charge in [-0.05, 0) is 13.3 Å². The van der Waals surface area contributed by atoms with E-state index in [9.17, 15) is 4.79 Å². The van der Waals surface area contributed by atoms with Crippen LogP contribution in [-0.4, -0.2) is 35.9 Å². The smallest absolute Gasteiger partial charge is 0.238 e. The van der Waals surface area contributed by atoms with E-state index in [4.69, 9.17) is 0 Å². The minimum atomic E-state index is -0.165. The maximum Gasteiger partial charge on any atom is 0.238 e. The van der Waals surface area contributed by atoms with Gasteiger partial charge in [0.1, 0.15) is 0 Å². The quantitative estimate of drug-likeness (QED) is 0.891. The van der Waals surface area contributed by atoms with Crippen LogP contribution in [0, 0.1) is 0 Å². The van der Waals surface area contributed by atoms with Crippen molar-refractivity contribution < 1.29 is 4.79 Å². The Bertz CT molecular complexity index is 354. The predicted octanol–water partition coefficient (Wildman–Crippen LogP) is 1.69. The third kappa shape index (κ3) is 5.02. The summed E-state index contributed by atoms with van der Waals surface area (Å²) < 4.78 is 0. The molecular weight excluding hydrogens is 258 g/mol. The number of carbonyl (C=O) groups excluding carboxylic acids is 1. The SMILES string of the molecule is CCc1nc(CN[C@H](C)C(=O)N(C)C)cs1.Cl. The number of nitrogens with one attached hydrogen (secondary N) is 1. The normalized spacial score (nSPS) is 11.8. The van der Waals surface area contributed by atoms with E-state index in [1.165, 1.54) is 0 Å². The van der Waals surface area contributed by atoms with Gasteiger partial charge in [0.25, 0.3) is 0 Å². The van der Waals surface area contributed by atoms with E-state index in [1.54, 1.807) is 30.3 Å². The molecule has 1 aromatic heterocycles. The van der Waals surface area contributed by atoms with Crippen molar-refractivity contribution in [1.29, 1.82) is 0 Å². The molecule has 6 heteroatoms. The van der Waals surface area contributed by atoms with E-state index >= 15 is 0 Å². The summed E-state index contributed by atoms with van der Waals surface area (Å²) in [6.07, 6.45) is 0.969. The second-order valence-corrected chi connectivity index (χ2v) is 4.86. The summed E-state index contributed by atoms with van der Waals surface area (Å²) in [4.78, 5) is 17.6. The molecule has 1 aromatic rings. The fourth-order valence-corrected chi connectivity index (χ4v) is 2.07. The van der Waals surface area contributed by atoms with Gasteiger partial charge < -0.3 is 10.2 Å². The van der Waals surface area contributed by atoms with E-state index in [-0.39, 0.29) is 24.4 Å². The standard InChI is InChI=1S/C11H19N3OS.ClH/c1-5-10-13-9(7-16-10)6-12-8(2)11(15)14(3)4;/h7-8,12H,5-6H2,1-4H3;1H/t8-;/m1./s1. The molecular formula is C11H20ClN3OS. The second kappa shape index (κ2) is 7.63. The van der Waals surface area contributed by atoms with Crippen LogP contribution in [0.25, 0.3) is 0 Å².